The van der Waals surface area contributed by atoms with Crippen molar-refractivity contribution in [2.75, 3.05) is 16.6 Å². The number of aryl methyl sites for hydroxylation is 2. The van der Waals surface area contributed by atoms with E-state index in [-0.39, 0.29) is 17.2 Å². The second kappa shape index (κ2) is 9.35. The van der Waals surface area contributed by atoms with E-state index in [1.165, 1.54) is 11.3 Å². The van der Waals surface area contributed by atoms with Crippen LogP contribution in [-0.2, 0) is 19.2 Å². The van der Waals surface area contributed by atoms with Crippen molar-refractivity contribution in [2.24, 2.45) is 5.92 Å². The van der Waals surface area contributed by atoms with E-state index in [2.05, 4.69) is 0 Å². The minimum absolute atomic E-state index is 0.189. The minimum atomic E-state index is -1.03. The quantitative estimate of drug-likeness (QED) is 0.321. The fourth-order valence-electron chi connectivity index (χ4n) is 4.74. The molecule has 0 aliphatic carbocycles. The second-order valence-corrected chi connectivity index (χ2v) is 10.5. The lowest BCUT2D eigenvalue weighted by Gasteiger charge is -2.28. The van der Waals surface area contributed by atoms with Gasteiger partial charge in [-0.2, -0.15) is 0 Å². The maximum Gasteiger partial charge on any atom is 0.341 e. The van der Waals surface area contributed by atoms with Crippen molar-refractivity contribution in [1.29, 1.82) is 0 Å². The molecule has 2 fully saturated rings. The van der Waals surface area contributed by atoms with E-state index < -0.39 is 35.8 Å². The predicted molar refractivity (Wildman–Crippen MR) is 138 cm³/mol. The van der Waals surface area contributed by atoms with E-state index in [9.17, 15) is 14.4 Å². The van der Waals surface area contributed by atoms with Crippen LogP contribution in [0.2, 0.25) is 5.02 Å². The molecule has 5 rings (SSSR count). The molecular formula is C27H25ClN2O5S. The summed E-state index contributed by atoms with van der Waals surface area (Å²) in [4.78, 5) is 48.6. The number of nitrogens with zero attached hydrogens (tertiary/aromatic N) is 2. The zero-order valence-electron chi connectivity index (χ0n) is 20.3. The topological polar surface area (TPSA) is 76.2 Å². The Labute approximate surface area is 218 Å². The maximum atomic E-state index is 14.0. The third-order valence-electron chi connectivity index (χ3n) is 6.66. The number of hydroxylamine groups is 1. The monoisotopic (exact) mass is 524 g/mol. The van der Waals surface area contributed by atoms with Crippen molar-refractivity contribution in [3.05, 3.63) is 80.7 Å². The number of carbonyl (C=O) groups excluding carboxylic acids is 3. The molecule has 7 nitrogen and oxygen atoms in total. The zero-order valence-corrected chi connectivity index (χ0v) is 21.9. The fourth-order valence-corrected chi connectivity index (χ4v) is 6.02. The van der Waals surface area contributed by atoms with Crippen LogP contribution in [0.15, 0.2) is 48.5 Å². The number of fused-ring (bicyclic) bond motifs is 1. The van der Waals surface area contributed by atoms with Gasteiger partial charge in [-0.05, 0) is 63.1 Å². The first-order valence-electron chi connectivity index (χ1n) is 11.7. The molecule has 0 spiro atoms. The van der Waals surface area contributed by atoms with Crippen molar-refractivity contribution in [1.82, 2.24) is 0 Å². The van der Waals surface area contributed by atoms with Crippen LogP contribution in [0.1, 0.15) is 44.9 Å². The third-order valence-corrected chi connectivity index (χ3v) is 8.11. The smallest absolute Gasteiger partial charge is 0.341 e. The summed E-state index contributed by atoms with van der Waals surface area (Å²) in [6.07, 6.45) is -1.03. The molecule has 2 saturated heterocycles. The molecule has 9 heteroatoms. The molecule has 3 atom stereocenters. The van der Waals surface area contributed by atoms with Gasteiger partial charge in [-0.1, -0.05) is 41.4 Å². The first-order chi connectivity index (χ1) is 17.2. The SMILES string of the molecule is CCOC(=O)c1c(N2C(=O)[C@@H]3[C@@H](c4ccc(C)cc4)N(c4ccc(Cl)cc4)O[C@H]3C2=O)sc(C)c1C. The molecule has 2 amide bonds. The van der Waals surface area contributed by atoms with E-state index in [4.69, 9.17) is 21.2 Å². The van der Waals surface area contributed by atoms with Gasteiger partial charge in [-0.3, -0.25) is 14.4 Å². The Bertz CT molecular complexity index is 1350. The van der Waals surface area contributed by atoms with Crippen LogP contribution in [0.4, 0.5) is 10.7 Å². The lowest BCUT2D eigenvalue weighted by Crippen LogP contribution is -2.37. The van der Waals surface area contributed by atoms with Gasteiger partial charge >= 0.3 is 5.97 Å². The van der Waals surface area contributed by atoms with E-state index in [0.717, 1.165) is 20.9 Å². The third kappa shape index (κ3) is 3.89. The molecule has 0 unspecified atom stereocenters. The summed E-state index contributed by atoms with van der Waals surface area (Å²) in [7, 11) is 0. The molecule has 2 aliphatic rings. The number of imide groups is 1. The van der Waals surface area contributed by atoms with E-state index in [1.54, 1.807) is 43.2 Å². The number of halogens is 1. The van der Waals surface area contributed by atoms with Gasteiger partial charge < -0.3 is 4.74 Å². The van der Waals surface area contributed by atoms with E-state index in [0.29, 0.717) is 16.3 Å². The highest BCUT2D eigenvalue weighted by molar-refractivity contribution is 7.17. The number of carbonyl (C=O) groups is 3. The highest BCUT2D eigenvalue weighted by Crippen LogP contribution is 2.49. The molecule has 36 heavy (non-hydrogen) atoms. The van der Waals surface area contributed by atoms with Gasteiger partial charge in [-0.25, -0.2) is 14.8 Å². The largest absolute Gasteiger partial charge is 0.462 e. The number of esters is 1. The minimum Gasteiger partial charge on any atom is -0.462 e. The number of thiophene rings is 1. The number of hydrogen-bond acceptors (Lipinski definition) is 7. The lowest BCUT2D eigenvalue weighted by molar-refractivity contribution is -0.126. The molecular weight excluding hydrogens is 500 g/mol. The number of ether oxygens (including phenoxy) is 1. The molecule has 0 saturated carbocycles. The van der Waals surface area contributed by atoms with Crippen molar-refractivity contribution < 1.29 is 24.0 Å². The summed E-state index contributed by atoms with van der Waals surface area (Å²) in [6.45, 7) is 7.54. The Morgan fingerprint density at radius 2 is 1.69 bits per heavy atom. The standard InChI is InChI=1S/C27H25ClN2O5S/c1-5-34-27(33)20-15(3)16(4)36-26(20)29-24(31)21-22(17-8-6-14(2)7-9-17)30(35-23(21)25(29)32)19-12-10-18(28)11-13-19/h6-13,21-23H,5H2,1-4H3/t21-,22-,23-/m1/s1. The van der Waals surface area contributed by atoms with Gasteiger partial charge in [0.05, 0.1) is 23.9 Å². The molecule has 186 valence electrons. The Kier molecular flexibility index (Phi) is 6.36. The van der Waals surface area contributed by atoms with Crippen molar-refractivity contribution in [3.63, 3.8) is 0 Å². The molecule has 2 aliphatic heterocycles. The predicted octanol–water partition coefficient (Wildman–Crippen LogP) is 5.55. The van der Waals surface area contributed by atoms with Gasteiger partial charge in [0.15, 0.2) is 6.10 Å². The van der Waals surface area contributed by atoms with Crippen LogP contribution < -0.4 is 9.96 Å². The highest BCUT2D eigenvalue weighted by atomic mass is 35.5. The Balaban J connectivity index is 1.59. The summed E-state index contributed by atoms with van der Waals surface area (Å²) in [5.41, 5.74) is 3.55. The van der Waals surface area contributed by atoms with E-state index >= 15 is 0 Å². The Morgan fingerprint density at radius 1 is 1.03 bits per heavy atom. The van der Waals surface area contributed by atoms with Crippen molar-refractivity contribution in [3.8, 4) is 0 Å². The summed E-state index contributed by atoms with van der Waals surface area (Å²) in [5, 5.41) is 2.48. The van der Waals surface area contributed by atoms with Crippen LogP contribution in [-0.4, -0.2) is 30.5 Å². The Hall–Kier alpha value is -3.20. The first-order valence-corrected chi connectivity index (χ1v) is 12.9. The zero-order chi connectivity index (χ0) is 25.7. The summed E-state index contributed by atoms with van der Waals surface area (Å²) in [6, 6.07) is 14.3. The van der Waals surface area contributed by atoms with Gasteiger partial charge in [0.25, 0.3) is 5.91 Å². The van der Waals surface area contributed by atoms with Crippen LogP contribution in [0.25, 0.3) is 0 Å². The molecule has 0 radical (unpaired) electrons. The van der Waals surface area contributed by atoms with Gasteiger partial charge in [0, 0.05) is 9.90 Å². The number of benzene rings is 2. The fraction of sp³-hybridized carbons (Fsp3) is 0.296. The van der Waals surface area contributed by atoms with Crippen molar-refractivity contribution in [2.45, 2.75) is 39.8 Å². The lowest BCUT2D eigenvalue weighted by atomic mass is 9.90. The van der Waals surface area contributed by atoms with E-state index in [1.807, 2.05) is 38.1 Å². The highest BCUT2D eigenvalue weighted by Gasteiger charge is 2.61. The molecule has 1 aromatic heterocycles. The molecule has 3 heterocycles. The molecule has 3 aromatic rings. The van der Waals surface area contributed by atoms with Crippen molar-refractivity contribution >= 4 is 51.4 Å². The van der Waals surface area contributed by atoms with Crippen LogP contribution in [0, 0.1) is 26.7 Å². The van der Waals surface area contributed by atoms with Gasteiger partial charge in [0.2, 0.25) is 5.91 Å². The second-order valence-electron chi connectivity index (χ2n) is 8.91. The summed E-state index contributed by atoms with van der Waals surface area (Å²) in [5.74, 6) is -2.25. The number of rotatable bonds is 5. The molecule has 2 aromatic carbocycles. The molecule has 0 bridgehead atoms. The Morgan fingerprint density at radius 3 is 2.33 bits per heavy atom. The van der Waals surface area contributed by atoms with Crippen LogP contribution >= 0.6 is 22.9 Å². The molecule has 0 N–H and O–H groups in total. The number of amides is 2. The normalized spacial score (nSPS) is 21.3. The van der Waals surface area contributed by atoms with Crippen LogP contribution in [0.5, 0.6) is 0 Å². The van der Waals surface area contributed by atoms with Gasteiger partial charge in [-0.15, -0.1) is 11.3 Å². The number of hydrogen-bond donors (Lipinski definition) is 0. The average Bonchev–Trinajstić information content (AvgIpc) is 3.45. The van der Waals surface area contributed by atoms with Gasteiger partial charge in [0.1, 0.15) is 10.9 Å². The summed E-state index contributed by atoms with van der Waals surface area (Å²) < 4.78 is 5.24. The average molecular weight is 525 g/mol. The maximum absolute atomic E-state index is 14.0. The number of anilines is 2. The summed E-state index contributed by atoms with van der Waals surface area (Å²) >= 11 is 7.32. The van der Waals surface area contributed by atoms with Crippen LogP contribution in [0.3, 0.4) is 0 Å². The first kappa shape index (κ1) is 24.5.